The Morgan fingerprint density at radius 3 is 1.76 bits per heavy atom. The van der Waals surface area contributed by atoms with Gasteiger partial charge in [0.25, 0.3) is 11.1 Å². The smallest absolute Gasteiger partial charge is 0.333 e. The molecule has 1 atom stereocenters. The highest BCUT2D eigenvalue weighted by molar-refractivity contribution is 9.09. The Balaban J connectivity index is 0.000000176. The number of furan rings is 2. The molecule has 0 spiro atoms. The Morgan fingerprint density at radius 2 is 1.23 bits per heavy atom. The van der Waals surface area contributed by atoms with Gasteiger partial charge < -0.3 is 18.3 Å². The number of nitrogens with one attached hydrogen (secondary N) is 2. The van der Waals surface area contributed by atoms with Gasteiger partial charge in [-0.15, -0.1) is 0 Å². The van der Waals surface area contributed by atoms with Crippen molar-refractivity contribution in [3.63, 3.8) is 0 Å². The van der Waals surface area contributed by atoms with Gasteiger partial charge >= 0.3 is 11.4 Å². The number of unbranched alkanes of at least 4 members (excludes halogenated alkanes) is 2. The van der Waals surface area contributed by atoms with Crippen LogP contribution in [-0.4, -0.2) is 43.9 Å². The summed E-state index contributed by atoms with van der Waals surface area (Å²) in [6.45, 7) is 6.67. The normalized spacial score (nSPS) is 13.5. The van der Waals surface area contributed by atoms with E-state index in [-0.39, 0.29) is 23.3 Å². The number of H-pyrrole nitrogens is 2. The van der Waals surface area contributed by atoms with Crippen LogP contribution >= 0.6 is 62.3 Å². The quantitative estimate of drug-likeness (QED) is 0.0716. The number of aromatic amines is 2. The molecule has 5 heterocycles. The lowest BCUT2D eigenvalue weighted by molar-refractivity contribution is -0.161. The maximum absolute atomic E-state index is 13.7. The molecular formula is C54H55BrCl4N4O8. The molecule has 374 valence electrons. The van der Waals surface area contributed by atoms with Gasteiger partial charge in [-0.2, -0.15) is 0 Å². The summed E-state index contributed by atoms with van der Waals surface area (Å²) in [6.07, 6.45) is 8.92. The minimum atomic E-state index is -0.619. The number of nitrogens with zero attached hydrogens (tertiary/aromatic N) is 2. The van der Waals surface area contributed by atoms with E-state index in [0.29, 0.717) is 79.6 Å². The average molecular weight is 1110 g/mol. The molecule has 4 aromatic carbocycles. The number of fused-ring (bicyclic) bond motifs is 2. The maximum Gasteiger partial charge on any atom is 0.333 e. The SMILES string of the molecule is BrCCCOC1CCCCO1.CCCCn1c(=O)c2c(Cc3ccc(Cl)cc3)c(-c3cccc(Cl)c3)oc2n(CCCC)c1=O.O=c1[nH]c(=O)c2c(Cc3ccc(Cl)cc3)c(-c3cccc(Cl)c3)oc2[nH]1. The molecule has 4 aromatic heterocycles. The molecule has 0 amide bonds. The third-order valence-electron chi connectivity index (χ3n) is 11.8. The molecule has 8 aromatic rings. The molecule has 0 aliphatic carbocycles. The molecule has 1 aliphatic heterocycles. The standard InChI is InChI=1S/C27H28Cl2N2O3.C19H12Cl2N2O3.C8H15BrO2/c1-3-5-14-30-25(32)23-22(16-18-10-12-20(28)13-11-18)24(19-8-7-9-21(29)17-19)34-26(23)31(27(30)33)15-6-4-2;20-12-6-4-10(5-7-12)8-14-15-17(24)22-19(25)23-18(15)26-16(14)11-2-1-3-13(21)9-11;9-5-3-7-11-8-4-1-2-6-10-8/h7-13,17H,3-6,14-16H2,1-2H3;1-7,9H,8H2,(H2,22,23,24,25);8H,1-7H2. The molecule has 1 saturated heterocycles. The van der Waals surface area contributed by atoms with Crippen molar-refractivity contribution in [3.8, 4) is 22.6 Å². The van der Waals surface area contributed by atoms with E-state index in [1.165, 1.54) is 17.4 Å². The summed E-state index contributed by atoms with van der Waals surface area (Å²) in [5.41, 5.74) is 3.57. The van der Waals surface area contributed by atoms with Crippen molar-refractivity contribution in [1.29, 1.82) is 0 Å². The number of rotatable bonds is 16. The summed E-state index contributed by atoms with van der Waals surface area (Å²) >= 11 is 27.8. The van der Waals surface area contributed by atoms with Gasteiger partial charge in [-0.25, -0.2) is 9.59 Å². The lowest BCUT2D eigenvalue weighted by atomic mass is 9.99. The molecule has 0 radical (unpaired) electrons. The summed E-state index contributed by atoms with van der Waals surface area (Å²) < 4.78 is 26.0. The van der Waals surface area contributed by atoms with Crippen LogP contribution in [0.3, 0.4) is 0 Å². The molecule has 1 aliphatic rings. The zero-order valence-electron chi connectivity index (χ0n) is 39.5. The van der Waals surface area contributed by atoms with Crippen LogP contribution in [0.2, 0.25) is 20.1 Å². The van der Waals surface area contributed by atoms with Crippen LogP contribution in [-0.2, 0) is 35.4 Å². The Morgan fingerprint density at radius 1 is 0.662 bits per heavy atom. The number of aryl methyl sites for hydroxylation is 1. The fourth-order valence-corrected chi connectivity index (χ4v) is 9.09. The van der Waals surface area contributed by atoms with Gasteiger partial charge in [0.1, 0.15) is 22.3 Å². The van der Waals surface area contributed by atoms with Crippen molar-refractivity contribution >= 4 is 84.5 Å². The van der Waals surface area contributed by atoms with Crippen LogP contribution in [0.15, 0.2) is 125 Å². The van der Waals surface area contributed by atoms with Gasteiger partial charge in [-0.3, -0.25) is 28.7 Å². The van der Waals surface area contributed by atoms with Gasteiger partial charge in [0.15, 0.2) is 6.29 Å². The lowest BCUT2D eigenvalue weighted by Crippen LogP contribution is -2.40. The summed E-state index contributed by atoms with van der Waals surface area (Å²) in [6, 6.07) is 29.3. The first-order valence-electron chi connectivity index (χ1n) is 23.8. The van der Waals surface area contributed by atoms with Crippen LogP contribution in [0.1, 0.15) is 87.5 Å². The van der Waals surface area contributed by atoms with Crippen LogP contribution in [0, 0.1) is 0 Å². The maximum atomic E-state index is 13.7. The number of halogens is 5. The first kappa shape index (κ1) is 53.7. The number of alkyl halides is 1. The number of hydrogen-bond acceptors (Lipinski definition) is 8. The fourth-order valence-electron chi connectivity index (χ4n) is 8.22. The van der Waals surface area contributed by atoms with E-state index in [9.17, 15) is 19.2 Å². The molecule has 1 unspecified atom stereocenters. The van der Waals surface area contributed by atoms with E-state index in [1.54, 1.807) is 41.0 Å². The number of aromatic nitrogens is 4. The van der Waals surface area contributed by atoms with Crippen molar-refractivity contribution in [2.75, 3.05) is 18.5 Å². The lowest BCUT2D eigenvalue weighted by Gasteiger charge is -2.22. The van der Waals surface area contributed by atoms with Gasteiger partial charge in [0, 0.05) is 80.2 Å². The number of ether oxygens (including phenoxy) is 2. The third-order valence-corrected chi connectivity index (χ3v) is 13.3. The molecule has 9 rings (SSSR count). The summed E-state index contributed by atoms with van der Waals surface area (Å²) in [7, 11) is 0. The fraction of sp³-hybridized carbons (Fsp3) is 0.333. The van der Waals surface area contributed by atoms with E-state index in [2.05, 4.69) is 32.8 Å². The van der Waals surface area contributed by atoms with Crippen LogP contribution in [0.5, 0.6) is 0 Å². The van der Waals surface area contributed by atoms with E-state index in [0.717, 1.165) is 84.9 Å². The predicted octanol–water partition coefficient (Wildman–Crippen LogP) is 13.6. The second-order valence-corrected chi connectivity index (χ2v) is 19.6. The highest BCUT2D eigenvalue weighted by Crippen LogP contribution is 2.36. The highest BCUT2D eigenvalue weighted by atomic mass is 79.9. The van der Waals surface area contributed by atoms with Gasteiger partial charge in [-0.1, -0.05) is 138 Å². The van der Waals surface area contributed by atoms with E-state index in [4.69, 9.17) is 64.7 Å². The van der Waals surface area contributed by atoms with Crippen molar-refractivity contribution < 1.29 is 18.3 Å². The van der Waals surface area contributed by atoms with Crippen molar-refractivity contribution in [2.45, 2.75) is 97.4 Å². The zero-order valence-corrected chi connectivity index (χ0v) is 44.1. The predicted molar refractivity (Wildman–Crippen MR) is 289 cm³/mol. The Kier molecular flexibility index (Phi) is 19.7. The molecule has 12 nitrogen and oxygen atoms in total. The van der Waals surface area contributed by atoms with Crippen LogP contribution in [0.4, 0.5) is 0 Å². The summed E-state index contributed by atoms with van der Waals surface area (Å²) in [5, 5.41) is 4.17. The molecule has 2 N–H and O–H groups in total. The van der Waals surface area contributed by atoms with Gasteiger partial charge in [0.2, 0.25) is 11.4 Å². The Bertz CT molecular complexity index is 3280. The first-order valence-corrected chi connectivity index (χ1v) is 26.4. The van der Waals surface area contributed by atoms with Crippen molar-refractivity contribution in [2.24, 2.45) is 0 Å². The topological polar surface area (TPSA) is 154 Å². The number of benzene rings is 4. The summed E-state index contributed by atoms with van der Waals surface area (Å²) in [4.78, 5) is 55.8. The van der Waals surface area contributed by atoms with Crippen molar-refractivity contribution in [1.82, 2.24) is 19.1 Å². The molecular weight excluding hydrogens is 1050 g/mol. The third kappa shape index (κ3) is 13.9. The second kappa shape index (κ2) is 26.0. The minimum Gasteiger partial charge on any atom is -0.439 e. The van der Waals surface area contributed by atoms with E-state index >= 15 is 0 Å². The monoisotopic (exact) mass is 1110 g/mol. The van der Waals surface area contributed by atoms with Gasteiger partial charge in [-0.05, 0) is 98.2 Å². The van der Waals surface area contributed by atoms with E-state index < -0.39 is 11.2 Å². The largest absolute Gasteiger partial charge is 0.439 e. The van der Waals surface area contributed by atoms with Crippen molar-refractivity contribution in [3.05, 3.63) is 181 Å². The molecule has 71 heavy (non-hydrogen) atoms. The first-order chi connectivity index (χ1) is 34.4. The van der Waals surface area contributed by atoms with E-state index in [1.807, 2.05) is 67.6 Å². The molecule has 0 saturated carbocycles. The Labute approximate surface area is 438 Å². The minimum absolute atomic E-state index is 0.0859. The van der Waals surface area contributed by atoms with Crippen LogP contribution in [0.25, 0.3) is 44.8 Å². The summed E-state index contributed by atoms with van der Waals surface area (Å²) in [5.74, 6) is 1.05. The average Bonchev–Trinajstić information content (AvgIpc) is 3.92. The Hall–Kier alpha value is -5.12. The van der Waals surface area contributed by atoms with Crippen LogP contribution < -0.4 is 22.5 Å². The zero-order chi connectivity index (χ0) is 50.4. The molecule has 1 fully saturated rings. The molecule has 17 heteroatoms. The second-order valence-electron chi connectivity index (χ2n) is 17.0. The molecule has 0 bridgehead atoms. The van der Waals surface area contributed by atoms with Gasteiger partial charge in [0.05, 0.1) is 6.61 Å². The highest BCUT2D eigenvalue weighted by Gasteiger charge is 2.25. The number of hydrogen-bond donors (Lipinski definition) is 2.